The van der Waals surface area contributed by atoms with Gasteiger partial charge in [0.2, 0.25) is 0 Å². The number of hydrogen-bond donors (Lipinski definition) is 2. The first kappa shape index (κ1) is 10.4. The van der Waals surface area contributed by atoms with Crippen LogP contribution in [0, 0.1) is 0 Å². The van der Waals surface area contributed by atoms with Crippen LogP contribution in [0.1, 0.15) is 0 Å². The summed E-state index contributed by atoms with van der Waals surface area (Å²) < 4.78 is 0. The van der Waals surface area contributed by atoms with E-state index < -0.39 is 0 Å². The van der Waals surface area contributed by atoms with Gasteiger partial charge in [0.1, 0.15) is 0 Å². The highest BCUT2D eigenvalue weighted by molar-refractivity contribution is 15.0. The van der Waals surface area contributed by atoms with E-state index >= 15 is 0 Å². The molecule has 0 heterocycles. The summed E-state index contributed by atoms with van der Waals surface area (Å²) in [5.74, 6) is 0. The van der Waals surface area contributed by atoms with E-state index in [0.717, 1.165) is 0 Å². The molecule has 4 heteroatoms. The van der Waals surface area contributed by atoms with Crippen molar-refractivity contribution in [3.63, 3.8) is 0 Å². The molecule has 0 aromatic carbocycles. The molecule has 0 aliphatic heterocycles. The Labute approximate surface area is 60.8 Å². The average molecular weight is 315 g/mol. The zero-order valence-electron chi connectivity index (χ0n) is 3.19. The molecule has 0 radical (unpaired) electrons. The lowest BCUT2D eigenvalue weighted by Crippen LogP contribution is -2.02. The second-order valence-electron chi connectivity index (χ2n) is 0.512. The lowest BCUT2D eigenvalue weighted by molar-refractivity contribution is 0.306. The second-order valence-corrected chi connectivity index (χ2v) is 0.512. The minimum Gasteiger partial charge on any atom is -0.395 e. The Morgan fingerprint density at radius 3 is 1.67 bits per heavy atom. The summed E-state index contributed by atoms with van der Waals surface area (Å²) in [6, 6.07) is 0. The van der Waals surface area contributed by atoms with Crippen molar-refractivity contribution >= 4 is 37.2 Å². The first-order valence-electron chi connectivity index (χ1n) is 1.37. The summed E-state index contributed by atoms with van der Waals surface area (Å²) in [7, 11) is 0. The molecule has 0 spiro atoms. The van der Waals surface area contributed by atoms with Gasteiger partial charge in [-0.3, -0.25) is 0 Å². The minimum absolute atomic E-state index is 0.0972. The Morgan fingerprint density at radius 2 is 1.67 bits per heavy atom. The van der Waals surface area contributed by atoms with E-state index in [1.165, 1.54) is 0 Å². The molecule has 0 aliphatic carbocycles. The van der Waals surface area contributed by atoms with E-state index in [-0.39, 0.29) is 6.61 Å². The van der Waals surface area contributed by atoms with E-state index in [1.807, 2.05) is 0 Å². The highest BCUT2D eigenvalue weighted by Crippen LogP contribution is 1.89. The van der Waals surface area contributed by atoms with Gasteiger partial charge in [0.05, 0.1) is 6.61 Å². The summed E-state index contributed by atoms with van der Waals surface area (Å²) >= 11 is 4.24. The third kappa shape index (κ3) is 18.2. The fraction of sp³-hybridized carbons (Fsp3) is 1.00. The van der Waals surface area contributed by atoms with Crippen LogP contribution in [-0.4, -0.2) is 18.3 Å². The lowest BCUT2D eigenvalue weighted by Gasteiger charge is -1.71. The zero-order chi connectivity index (χ0) is 5.41. The highest BCUT2D eigenvalue weighted by atomic mass is 128. The van der Waals surface area contributed by atoms with Crippen LogP contribution < -0.4 is 5.73 Å². The quantitative estimate of drug-likeness (QED) is 0.700. The van der Waals surface area contributed by atoms with Crippen LogP contribution in [0.4, 0.5) is 0 Å². The van der Waals surface area contributed by atoms with Crippen LogP contribution in [0.25, 0.3) is 0 Å². The van der Waals surface area contributed by atoms with Gasteiger partial charge >= 0.3 is 0 Å². The van der Waals surface area contributed by atoms with Crippen LogP contribution in [0.5, 0.6) is 0 Å². The SMILES string of the molecule is II.NCCO. The highest BCUT2D eigenvalue weighted by Gasteiger charge is 1.56. The van der Waals surface area contributed by atoms with Crippen molar-refractivity contribution in [1.29, 1.82) is 0 Å². The molecule has 0 aromatic heterocycles. The molecule has 0 aromatic rings. The first-order chi connectivity index (χ1) is 2.91. The number of rotatable bonds is 1. The van der Waals surface area contributed by atoms with E-state index in [4.69, 9.17) is 10.8 Å². The fourth-order valence-electron chi connectivity index (χ4n) is 0. The van der Waals surface area contributed by atoms with Gasteiger partial charge in [0, 0.05) is 43.8 Å². The van der Waals surface area contributed by atoms with Crippen molar-refractivity contribution in [3.8, 4) is 0 Å². The van der Waals surface area contributed by atoms with Gasteiger partial charge < -0.3 is 10.8 Å². The standard InChI is InChI=1S/C2H7NO.I2/c3-1-2-4;1-2/h4H,1-3H2;. The zero-order valence-corrected chi connectivity index (χ0v) is 7.51. The summed E-state index contributed by atoms with van der Waals surface area (Å²) in [6.07, 6.45) is 0. The van der Waals surface area contributed by atoms with Crippen LogP contribution in [0.15, 0.2) is 0 Å². The molecule has 3 N–H and O–H groups in total. The molecule has 40 valence electrons. The third-order valence-corrected chi connectivity index (χ3v) is 0.129. The molecule has 0 bridgehead atoms. The van der Waals surface area contributed by atoms with Gasteiger partial charge in [-0.2, -0.15) is 0 Å². The van der Waals surface area contributed by atoms with E-state index in [2.05, 4.69) is 37.2 Å². The molecule has 0 atom stereocenters. The summed E-state index contributed by atoms with van der Waals surface area (Å²) in [5, 5.41) is 7.75. The largest absolute Gasteiger partial charge is 0.395 e. The Balaban J connectivity index is 0. The number of aliphatic hydroxyl groups excluding tert-OH is 1. The maximum absolute atomic E-state index is 7.75. The Morgan fingerprint density at radius 1 is 1.50 bits per heavy atom. The monoisotopic (exact) mass is 315 g/mol. The van der Waals surface area contributed by atoms with Crippen molar-refractivity contribution in [1.82, 2.24) is 0 Å². The number of nitrogens with two attached hydrogens (primary N) is 1. The van der Waals surface area contributed by atoms with Gasteiger partial charge in [0.15, 0.2) is 0 Å². The Bertz CT molecular complexity index is 13.5. The van der Waals surface area contributed by atoms with Gasteiger partial charge in [-0.25, -0.2) is 0 Å². The van der Waals surface area contributed by atoms with E-state index in [1.54, 1.807) is 0 Å². The van der Waals surface area contributed by atoms with Crippen molar-refractivity contribution in [2.45, 2.75) is 0 Å². The van der Waals surface area contributed by atoms with Crippen LogP contribution in [0.3, 0.4) is 0 Å². The van der Waals surface area contributed by atoms with Gasteiger partial charge in [-0.1, -0.05) is 0 Å². The molecule has 0 rings (SSSR count). The van der Waals surface area contributed by atoms with Gasteiger partial charge in [0.25, 0.3) is 0 Å². The lowest BCUT2D eigenvalue weighted by atomic mass is 10.8. The molecule has 0 unspecified atom stereocenters. The Hall–Kier alpha value is 1.38. The number of aliphatic hydroxyl groups is 1. The molecular formula is C2H7I2NO. The van der Waals surface area contributed by atoms with Crippen LogP contribution in [-0.2, 0) is 0 Å². The maximum atomic E-state index is 7.75. The van der Waals surface area contributed by atoms with Crippen LogP contribution >= 0.6 is 37.2 Å². The smallest absolute Gasteiger partial charge is 0.0553 e. The molecule has 0 amide bonds. The summed E-state index contributed by atoms with van der Waals surface area (Å²) in [4.78, 5) is 0. The molecule has 6 heavy (non-hydrogen) atoms. The first-order valence-corrected chi connectivity index (χ1v) is 7.65. The summed E-state index contributed by atoms with van der Waals surface area (Å²) in [5.41, 5.74) is 4.78. The maximum Gasteiger partial charge on any atom is 0.0553 e. The van der Waals surface area contributed by atoms with Gasteiger partial charge in [-0.15, -0.1) is 0 Å². The van der Waals surface area contributed by atoms with Crippen molar-refractivity contribution in [2.75, 3.05) is 13.2 Å². The molecule has 0 saturated heterocycles. The molecular weight excluding hydrogens is 308 g/mol. The second kappa shape index (κ2) is 16.2. The molecule has 2 nitrogen and oxygen atoms in total. The van der Waals surface area contributed by atoms with E-state index in [0.29, 0.717) is 6.54 Å². The third-order valence-electron chi connectivity index (χ3n) is 0.129. The number of halogens is 2. The fourth-order valence-corrected chi connectivity index (χ4v) is 0. The van der Waals surface area contributed by atoms with Crippen molar-refractivity contribution in [3.05, 3.63) is 0 Å². The predicted molar refractivity (Wildman–Crippen MR) is 44.2 cm³/mol. The predicted octanol–water partition coefficient (Wildman–Crippen LogP) is 0.709. The number of hydrogen-bond acceptors (Lipinski definition) is 2. The van der Waals surface area contributed by atoms with E-state index in [9.17, 15) is 0 Å². The van der Waals surface area contributed by atoms with Crippen LogP contribution in [0.2, 0.25) is 0 Å². The normalized spacial score (nSPS) is 6.00. The molecule has 0 aliphatic rings. The topological polar surface area (TPSA) is 46.2 Å². The molecule has 0 fully saturated rings. The Kier molecular flexibility index (Phi) is 28.0. The summed E-state index contributed by atoms with van der Waals surface area (Å²) in [6.45, 7) is 0.472. The molecule has 0 saturated carbocycles. The van der Waals surface area contributed by atoms with Crippen molar-refractivity contribution in [2.24, 2.45) is 5.73 Å². The average Bonchev–Trinajstić information content (AvgIpc) is 1.72. The van der Waals surface area contributed by atoms with Gasteiger partial charge in [-0.05, 0) is 0 Å². The van der Waals surface area contributed by atoms with Crippen molar-refractivity contribution < 1.29 is 5.11 Å². The minimum atomic E-state index is 0.0972.